The second kappa shape index (κ2) is 5.43. The Hall–Kier alpha value is -1.39. The van der Waals surface area contributed by atoms with Crippen molar-refractivity contribution in [1.29, 1.82) is 0 Å². The predicted octanol–water partition coefficient (Wildman–Crippen LogP) is 5.10. The third-order valence-corrected chi connectivity index (χ3v) is 4.10. The van der Waals surface area contributed by atoms with Gasteiger partial charge in [-0.15, -0.1) is 11.6 Å². The molecule has 0 aliphatic heterocycles. The van der Waals surface area contributed by atoms with Crippen molar-refractivity contribution in [3.63, 3.8) is 0 Å². The molecule has 3 aromatic rings. The molecule has 0 radical (unpaired) electrons. The number of fused-ring (bicyclic) bond motifs is 1. The van der Waals surface area contributed by atoms with Gasteiger partial charge in [0.2, 0.25) is 0 Å². The Morgan fingerprint density at radius 1 is 1.24 bits per heavy atom. The third kappa shape index (κ3) is 2.58. The molecule has 108 valence electrons. The molecule has 0 amide bonds. The highest BCUT2D eigenvalue weighted by Crippen LogP contribution is 2.29. The first kappa shape index (κ1) is 14.5. The number of halogens is 2. The van der Waals surface area contributed by atoms with E-state index in [0.29, 0.717) is 0 Å². The monoisotopic (exact) mass is 363 g/mol. The fourth-order valence-corrected chi connectivity index (χ4v) is 3.08. The summed E-state index contributed by atoms with van der Waals surface area (Å²) >= 11 is 9.83. The summed E-state index contributed by atoms with van der Waals surface area (Å²) in [5.74, 6) is 0.815. The van der Waals surface area contributed by atoms with Crippen molar-refractivity contribution in [2.24, 2.45) is 0 Å². The lowest BCUT2D eigenvalue weighted by Gasteiger charge is -2.13. The van der Waals surface area contributed by atoms with Crippen LogP contribution in [0.1, 0.15) is 29.3 Å². The molecule has 0 aliphatic rings. The number of hydrogen-bond acceptors (Lipinski definition) is 2. The second-order valence-corrected chi connectivity index (χ2v) is 6.78. The standard InChI is InChI=1S/C16H15BrClN3/c1-9-6-13-16(19-8-9)21(15(20-13)11(3)18)14-5-4-12(17)7-10(14)2/h4-8,11H,1-3H3. The van der Waals surface area contributed by atoms with E-state index in [2.05, 4.69) is 45.0 Å². The number of imidazole rings is 1. The van der Waals surface area contributed by atoms with Crippen molar-refractivity contribution in [3.05, 3.63) is 51.9 Å². The molecule has 3 rings (SSSR count). The van der Waals surface area contributed by atoms with E-state index in [1.165, 1.54) is 0 Å². The van der Waals surface area contributed by atoms with E-state index in [9.17, 15) is 0 Å². The minimum atomic E-state index is -0.192. The number of hydrogen-bond donors (Lipinski definition) is 0. The molecule has 0 N–H and O–H groups in total. The first-order valence-corrected chi connectivity index (χ1v) is 7.96. The van der Waals surface area contributed by atoms with Crippen molar-refractivity contribution in [1.82, 2.24) is 14.5 Å². The van der Waals surface area contributed by atoms with E-state index in [1.807, 2.05) is 36.7 Å². The first-order valence-electron chi connectivity index (χ1n) is 6.73. The van der Waals surface area contributed by atoms with E-state index in [1.54, 1.807) is 0 Å². The summed E-state index contributed by atoms with van der Waals surface area (Å²) in [5, 5.41) is -0.192. The van der Waals surface area contributed by atoms with Gasteiger partial charge in [-0.3, -0.25) is 4.57 Å². The molecule has 1 atom stereocenters. The maximum atomic E-state index is 6.33. The van der Waals surface area contributed by atoms with E-state index in [0.717, 1.165) is 38.3 Å². The first-order chi connectivity index (χ1) is 9.97. The molecule has 5 heteroatoms. The second-order valence-electron chi connectivity index (χ2n) is 5.21. The van der Waals surface area contributed by atoms with E-state index in [-0.39, 0.29) is 5.38 Å². The summed E-state index contributed by atoms with van der Waals surface area (Å²) in [6.07, 6.45) is 1.86. The highest BCUT2D eigenvalue weighted by molar-refractivity contribution is 9.10. The highest BCUT2D eigenvalue weighted by Gasteiger charge is 2.18. The molecule has 0 fully saturated rings. The van der Waals surface area contributed by atoms with Crippen LogP contribution in [0.15, 0.2) is 34.9 Å². The third-order valence-electron chi connectivity index (χ3n) is 3.42. The molecule has 0 aliphatic carbocycles. The van der Waals surface area contributed by atoms with Crippen LogP contribution in [0.2, 0.25) is 0 Å². The Balaban J connectivity index is 2.36. The summed E-state index contributed by atoms with van der Waals surface area (Å²) in [4.78, 5) is 9.22. The van der Waals surface area contributed by atoms with Gasteiger partial charge in [-0.25, -0.2) is 9.97 Å². The molecular formula is C16H15BrClN3. The Labute approximate surface area is 137 Å². The average molecular weight is 365 g/mol. The molecule has 3 nitrogen and oxygen atoms in total. The number of aromatic nitrogens is 3. The zero-order valence-electron chi connectivity index (χ0n) is 12.1. The van der Waals surface area contributed by atoms with Crippen LogP contribution in [0, 0.1) is 13.8 Å². The SMILES string of the molecule is Cc1cnc2c(c1)nc(C(C)Cl)n2-c1ccc(Br)cc1C. The van der Waals surface area contributed by atoms with Gasteiger partial charge in [-0.2, -0.15) is 0 Å². The number of nitrogens with zero attached hydrogens (tertiary/aromatic N) is 3. The summed E-state index contributed by atoms with van der Waals surface area (Å²) in [5.41, 5.74) is 5.01. The number of aryl methyl sites for hydroxylation is 2. The topological polar surface area (TPSA) is 30.7 Å². The largest absolute Gasteiger partial charge is 0.279 e. The van der Waals surface area contributed by atoms with Gasteiger partial charge in [0.05, 0.1) is 11.1 Å². The summed E-state index contributed by atoms with van der Waals surface area (Å²) in [6, 6.07) is 8.20. The normalized spacial score (nSPS) is 12.8. The van der Waals surface area contributed by atoms with Crippen LogP contribution in [0.3, 0.4) is 0 Å². The van der Waals surface area contributed by atoms with Crippen molar-refractivity contribution in [3.8, 4) is 5.69 Å². The van der Waals surface area contributed by atoms with Gasteiger partial charge in [-0.1, -0.05) is 15.9 Å². The van der Waals surface area contributed by atoms with Crippen LogP contribution >= 0.6 is 27.5 Å². The van der Waals surface area contributed by atoms with E-state index in [4.69, 9.17) is 11.6 Å². The van der Waals surface area contributed by atoms with Crippen LogP contribution < -0.4 is 0 Å². The van der Waals surface area contributed by atoms with Gasteiger partial charge in [0.25, 0.3) is 0 Å². The van der Waals surface area contributed by atoms with Gasteiger partial charge < -0.3 is 0 Å². The predicted molar refractivity (Wildman–Crippen MR) is 90.3 cm³/mol. The number of rotatable bonds is 2. The van der Waals surface area contributed by atoms with Crippen LogP contribution in [-0.4, -0.2) is 14.5 Å². The van der Waals surface area contributed by atoms with Gasteiger partial charge >= 0.3 is 0 Å². The summed E-state index contributed by atoms with van der Waals surface area (Å²) in [7, 11) is 0. The Kier molecular flexibility index (Phi) is 3.76. The number of benzene rings is 1. The molecule has 0 saturated carbocycles. The summed E-state index contributed by atoms with van der Waals surface area (Å²) < 4.78 is 3.10. The molecule has 1 unspecified atom stereocenters. The van der Waals surface area contributed by atoms with E-state index < -0.39 is 0 Å². The fourth-order valence-electron chi connectivity index (χ4n) is 2.46. The van der Waals surface area contributed by atoms with Gasteiger partial charge in [-0.05, 0) is 56.2 Å². The fraction of sp³-hybridized carbons (Fsp3) is 0.250. The zero-order chi connectivity index (χ0) is 15.1. The maximum Gasteiger partial charge on any atom is 0.164 e. The summed E-state index contributed by atoms with van der Waals surface area (Å²) in [6.45, 7) is 6.02. The zero-order valence-corrected chi connectivity index (χ0v) is 14.4. The van der Waals surface area contributed by atoms with Crippen LogP contribution in [0.5, 0.6) is 0 Å². The minimum absolute atomic E-state index is 0.192. The van der Waals surface area contributed by atoms with Crippen molar-refractivity contribution < 1.29 is 0 Å². The average Bonchev–Trinajstić information content (AvgIpc) is 2.77. The lowest BCUT2D eigenvalue weighted by molar-refractivity contribution is 0.872. The van der Waals surface area contributed by atoms with Gasteiger partial charge in [0, 0.05) is 10.7 Å². The lowest BCUT2D eigenvalue weighted by atomic mass is 10.2. The minimum Gasteiger partial charge on any atom is -0.279 e. The van der Waals surface area contributed by atoms with Crippen molar-refractivity contribution in [2.75, 3.05) is 0 Å². The molecule has 2 aromatic heterocycles. The maximum absolute atomic E-state index is 6.33. The van der Waals surface area contributed by atoms with Gasteiger partial charge in [0.15, 0.2) is 5.65 Å². The Morgan fingerprint density at radius 2 is 2.00 bits per heavy atom. The molecule has 0 bridgehead atoms. The van der Waals surface area contributed by atoms with Gasteiger partial charge in [0.1, 0.15) is 11.3 Å². The highest BCUT2D eigenvalue weighted by atomic mass is 79.9. The molecule has 2 heterocycles. The molecule has 21 heavy (non-hydrogen) atoms. The van der Waals surface area contributed by atoms with Crippen molar-refractivity contribution in [2.45, 2.75) is 26.1 Å². The van der Waals surface area contributed by atoms with E-state index >= 15 is 0 Å². The lowest BCUT2D eigenvalue weighted by Crippen LogP contribution is -2.04. The molecule has 1 aromatic carbocycles. The smallest absolute Gasteiger partial charge is 0.164 e. The molecule has 0 spiro atoms. The molecule has 0 saturated heterocycles. The quantitative estimate of drug-likeness (QED) is 0.592. The number of pyridine rings is 1. The Morgan fingerprint density at radius 3 is 2.67 bits per heavy atom. The van der Waals surface area contributed by atoms with Crippen molar-refractivity contribution >= 4 is 38.7 Å². The van der Waals surface area contributed by atoms with Crippen LogP contribution in [0.4, 0.5) is 0 Å². The molecular weight excluding hydrogens is 350 g/mol. The number of alkyl halides is 1. The van der Waals surface area contributed by atoms with Crippen LogP contribution in [0.25, 0.3) is 16.9 Å². The Bertz CT molecular complexity index is 824. The van der Waals surface area contributed by atoms with Crippen LogP contribution in [-0.2, 0) is 0 Å².